The molecule has 0 bridgehead atoms. The number of aliphatic carboxylic acids is 1. The van der Waals surface area contributed by atoms with Crippen molar-refractivity contribution in [2.75, 3.05) is 14.2 Å². The third-order valence-electron chi connectivity index (χ3n) is 5.63. The van der Waals surface area contributed by atoms with E-state index in [4.69, 9.17) is 14.6 Å². The summed E-state index contributed by atoms with van der Waals surface area (Å²) in [5.74, 6) is 0.833. The molecule has 2 heterocycles. The van der Waals surface area contributed by atoms with Gasteiger partial charge < -0.3 is 19.1 Å². The molecule has 3 rings (SSSR count). The summed E-state index contributed by atoms with van der Waals surface area (Å²) in [5.41, 5.74) is 0.705. The van der Waals surface area contributed by atoms with E-state index < -0.39 is 17.2 Å². The van der Waals surface area contributed by atoms with Gasteiger partial charge in [0.1, 0.15) is 5.82 Å². The maximum Gasteiger partial charge on any atom is 0.332 e. The number of carboxylic acid groups (broad SMARTS) is 1. The number of methoxy groups -OCH3 is 2. The van der Waals surface area contributed by atoms with Crippen LogP contribution >= 0.6 is 0 Å². The Labute approximate surface area is 196 Å². The second-order valence-electron chi connectivity index (χ2n) is 7.67. The summed E-state index contributed by atoms with van der Waals surface area (Å²) in [5, 5.41) is 8.96. The number of fused-ring (bicyclic) bond motifs is 1. The molecule has 1 N–H and O–H groups in total. The Morgan fingerprint density at radius 3 is 2.32 bits per heavy atom. The molecule has 1 aromatic carbocycles. The number of unbranched alkanes of at least 4 members (excludes halogenated alkanes) is 1. The number of imidazole rings is 1. The van der Waals surface area contributed by atoms with Crippen LogP contribution in [0.4, 0.5) is 0 Å². The molecule has 0 spiro atoms. The molecule has 3 aromatic rings. The highest BCUT2D eigenvalue weighted by molar-refractivity contribution is 5.77. The van der Waals surface area contributed by atoms with Gasteiger partial charge in [-0.25, -0.2) is 9.78 Å². The molecular formula is C24H30N4O6. The van der Waals surface area contributed by atoms with Crippen LogP contribution in [-0.4, -0.2) is 44.0 Å². The molecular weight excluding hydrogens is 440 g/mol. The fourth-order valence-electron chi connectivity index (χ4n) is 3.90. The van der Waals surface area contributed by atoms with Crippen molar-refractivity contribution in [1.82, 2.24) is 18.7 Å². The Bertz CT molecular complexity index is 1330. The topological polar surface area (TPSA) is 118 Å². The minimum absolute atomic E-state index is 0.0440. The zero-order valence-electron chi connectivity index (χ0n) is 19.9. The Hall–Kier alpha value is -3.82. The van der Waals surface area contributed by atoms with Gasteiger partial charge >= 0.3 is 11.7 Å². The minimum atomic E-state index is -0.864. The normalized spacial score (nSPS) is 11.4. The van der Waals surface area contributed by atoms with Gasteiger partial charge in [0.2, 0.25) is 0 Å². The molecule has 0 unspecified atom stereocenters. The third-order valence-corrected chi connectivity index (χ3v) is 5.63. The highest BCUT2D eigenvalue weighted by Gasteiger charge is 2.19. The zero-order chi connectivity index (χ0) is 24.8. The highest BCUT2D eigenvalue weighted by atomic mass is 16.5. The number of aryl methyl sites for hydroxylation is 2. The van der Waals surface area contributed by atoms with E-state index in [1.165, 1.54) is 9.13 Å². The molecule has 0 fully saturated rings. The second-order valence-corrected chi connectivity index (χ2v) is 7.67. The maximum atomic E-state index is 13.2. The van der Waals surface area contributed by atoms with Crippen molar-refractivity contribution in [3.05, 3.63) is 50.4 Å². The van der Waals surface area contributed by atoms with Gasteiger partial charge in [-0.15, -0.1) is 0 Å². The number of hydrogen-bond acceptors (Lipinski definition) is 6. The van der Waals surface area contributed by atoms with Crippen LogP contribution in [0.3, 0.4) is 0 Å². The van der Waals surface area contributed by atoms with Crippen molar-refractivity contribution >= 4 is 29.3 Å². The molecule has 0 aliphatic heterocycles. The van der Waals surface area contributed by atoms with E-state index in [-0.39, 0.29) is 13.0 Å². The molecule has 0 aliphatic rings. The lowest BCUT2D eigenvalue weighted by Gasteiger charge is -2.10. The summed E-state index contributed by atoms with van der Waals surface area (Å²) in [4.78, 5) is 41.5. The summed E-state index contributed by atoms with van der Waals surface area (Å²) in [6, 6.07) is 5.48. The lowest BCUT2D eigenvalue weighted by molar-refractivity contribution is -0.137. The van der Waals surface area contributed by atoms with Crippen molar-refractivity contribution < 1.29 is 19.4 Å². The number of carboxylic acids is 1. The van der Waals surface area contributed by atoms with Gasteiger partial charge in [0.15, 0.2) is 22.7 Å². The van der Waals surface area contributed by atoms with Gasteiger partial charge in [-0.1, -0.05) is 12.1 Å². The molecule has 182 valence electrons. The van der Waals surface area contributed by atoms with Crippen LogP contribution in [0.25, 0.3) is 23.3 Å². The molecule has 0 atom stereocenters. The molecule has 0 radical (unpaired) electrons. The Morgan fingerprint density at radius 1 is 1.00 bits per heavy atom. The number of rotatable bonds is 11. The molecule has 0 saturated carbocycles. The van der Waals surface area contributed by atoms with Crippen LogP contribution in [0.1, 0.15) is 44.5 Å². The fourth-order valence-corrected chi connectivity index (χ4v) is 3.90. The van der Waals surface area contributed by atoms with Crippen molar-refractivity contribution in [2.45, 2.75) is 52.7 Å². The first-order valence-electron chi connectivity index (χ1n) is 11.2. The van der Waals surface area contributed by atoms with E-state index in [0.717, 1.165) is 5.56 Å². The maximum absolute atomic E-state index is 13.2. The molecule has 10 heteroatoms. The number of benzene rings is 1. The van der Waals surface area contributed by atoms with Gasteiger partial charge in [0.05, 0.1) is 14.2 Å². The Morgan fingerprint density at radius 2 is 1.71 bits per heavy atom. The quantitative estimate of drug-likeness (QED) is 0.428. The van der Waals surface area contributed by atoms with Gasteiger partial charge in [0, 0.05) is 26.1 Å². The van der Waals surface area contributed by atoms with Gasteiger partial charge in [-0.2, -0.15) is 0 Å². The number of nitrogens with zero attached hydrogens (tertiary/aromatic N) is 4. The zero-order valence-corrected chi connectivity index (χ0v) is 19.9. The van der Waals surface area contributed by atoms with Crippen LogP contribution in [0.2, 0.25) is 0 Å². The smallest absolute Gasteiger partial charge is 0.332 e. The Kier molecular flexibility index (Phi) is 7.93. The Balaban J connectivity index is 2.14. The summed E-state index contributed by atoms with van der Waals surface area (Å²) < 4.78 is 15.1. The molecule has 0 aliphatic carbocycles. The summed E-state index contributed by atoms with van der Waals surface area (Å²) in [7, 11) is 3.13. The second kappa shape index (κ2) is 10.9. The summed E-state index contributed by atoms with van der Waals surface area (Å²) in [6.07, 6.45) is 4.67. The summed E-state index contributed by atoms with van der Waals surface area (Å²) >= 11 is 0. The number of carbonyl (C=O) groups is 1. The molecule has 0 saturated heterocycles. The first kappa shape index (κ1) is 24.8. The lowest BCUT2D eigenvalue weighted by atomic mass is 10.2. The molecule has 10 nitrogen and oxygen atoms in total. The SMILES string of the molecule is CCn1c(=O)c2c(nc(/C=C/c3ccc(OC)c(OC)c3)n2CCCCC(=O)O)n(CC)c1=O. The van der Waals surface area contributed by atoms with Crippen LogP contribution in [0.15, 0.2) is 27.8 Å². The van der Waals surface area contributed by atoms with Crippen LogP contribution < -0.4 is 20.7 Å². The van der Waals surface area contributed by atoms with Gasteiger partial charge in [0.25, 0.3) is 5.56 Å². The van der Waals surface area contributed by atoms with E-state index in [2.05, 4.69) is 4.98 Å². The predicted molar refractivity (Wildman–Crippen MR) is 130 cm³/mol. The van der Waals surface area contributed by atoms with E-state index in [9.17, 15) is 14.4 Å². The van der Waals surface area contributed by atoms with Crippen molar-refractivity contribution in [1.29, 1.82) is 0 Å². The first-order chi connectivity index (χ1) is 16.4. The predicted octanol–water partition coefficient (Wildman–Crippen LogP) is 2.84. The highest BCUT2D eigenvalue weighted by Crippen LogP contribution is 2.28. The number of aromatic nitrogens is 4. The van der Waals surface area contributed by atoms with E-state index in [1.807, 2.05) is 25.1 Å². The minimum Gasteiger partial charge on any atom is -0.493 e. The average molecular weight is 471 g/mol. The van der Waals surface area contributed by atoms with Crippen LogP contribution in [0, 0.1) is 0 Å². The molecule has 2 aromatic heterocycles. The van der Waals surface area contributed by atoms with E-state index >= 15 is 0 Å². The van der Waals surface area contributed by atoms with Crippen molar-refractivity contribution in [3.8, 4) is 11.5 Å². The number of hydrogen-bond donors (Lipinski definition) is 1. The summed E-state index contributed by atoms with van der Waals surface area (Å²) in [6.45, 7) is 4.59. The fraction of sp³-hybridized carbons (Fsp3) is 0.417. The average Bonchev–Trinajstić information content (AvgIpc) is 3.19. The molecule has 34 heavy (non-hydrogen) atoms. The monoisotopic (exact) mass is 470 g/mol. The van der Waals surface area contributed by atoms with Crippen molar-refractivity contribution in [3.63, 3.8) is 0 Å². The van der Waals surface area contributed by atoms with Gasteiger partial charge in [-0.3, -0.25) is 18.7 Å². The first-order valence-corrected chi connectivity index (χ1v) is 11.2. The molecule has 0 amide bonds. The number of ether oxygens (including phenoxy) is 2. The lowest BCUT2D eigenvalue weighted by Crippen LogP contribution is -2.40. The third kappa shape index (κ3) is 4.90. The van der Waals surface area contributed by atoms with Crippen LogP contribution in [0.5, 0.6) is 11.5 Å². The van der Waals surface area contributed by atoms with E-state index in [1.54, 1.807) is 37.9 Å². The van der Waals surface area contributed by atoms with E-state index in [0.29, 0.717) is 54.4 Å². The van der Waals surface area contributed by atoms with Crippen molar-refractivity contribution in [2.24, 2.45) is 0 Å². The largest absolute Gasteiger partial charge is 0.493 e. The van der Waals surface area contributed by atoms with Gasteiger partial charge in [-0.05, 0) is 50.5 Å². The van der Waals surface area contributed by atoms with Crippen LogP contribution in [-0.2, 0) is 24.4 Å². The standard InChI is InChI=1S/C24H30N4O6/c1-5-26-22-21(23(31)27(6-2)24(26)32)28(14-8-7-9-20(29)30)19(25-22)13-11-16-10-12-17(33-3)18(15-16)34-4/h10-13,15H,5-9,14H2,1-4H3,(H,29,30)/b13-11+.